The van der Waals surface area contributed by atoms with Gasteiger partial charge in [0.2, 0.25) is 0 Å². The summed E-state index contributed by atoms with van der Waals surface area (Å²) in [6.07, 6.45) is 1.83. The monoisotopic (exact) mass is 213 g/mol. The fraction of sp³-hybridized carbons (Fsp3) is 0.267. The summed E-state index contributed by atoms with van der Waals surface area (Å²) in [5.74, 6) is 0. The molecule has 0 saturated carbocycles. The molecule has 0 saturated heterocycles. The molecular weight excluding hydrogens is 194 g/mol. The SMILES string of the molecule is CC.Cc1ccc(-c2ccccn2)c(C)c1. The molecule has 1 heteroatoms. The molecule has 2 aromatic rings. The molecule has 2 rings (SSSR count). The molecule has 16 heavy (non-hydrogen) atoms. The summed E-state index contributed by atoms with van der Waals surface area (Å²) < 4.78 is 0. The number of aryl methyl sites for hydroxylation is 2. The van der Waals surface area contributed by atoms with Gasteiger partial charge in [-0.25, -0.2) is 0 Å². The summed E-state index contributed by atoms with van der Waals surface area (Å²) >= 11 is 0. The lowest BCUT2D eigenvalue weighted by Crippen LogP contribution is -1.86. The Morgan fingerprint density at radius 3 is 2.25 bits per heavy atom. The molecule has 1 aromatic heterocycles. The van der Waals surface area contributed by atoms with Crippen molar-refractivity contribution in [2.45, 2.75) is 27.7 Å². The van der Waals surface area contributed by atoms with Gasteiger partial charge in [-0.3, -0.25) is 4.98 Å². The van der Waals surface area contributed by atoms with E-state index in [0.29, 0.717) is 0 Å². The molecule has 0 atom stereocenters. The van der Waals surface area contributed by atoms with Gasteiger partial charge < -0.3 is 0 Å². The van der Waals surface area contributed by atoms with Gasteiger partial charge in [-0.2, -0.15) is 0 Å². The molecule has 0 bridgehead atoms. The highest BCUT2D eigenvalue weighted by molar-refractivity contribution is 5.63. The highest BCUT2D eigenvalue weighted by atomic mass is 14.7. The van der Waals surface area contributed by atoms with Gasteiger partial charge in [-0.15, -0.1) is 0 Å². The van der Waals surface area contributed by atoms with Crippen LogP contribution in [-0.4, -0.2) is 4.98 Å². The van der Waals surface area contributed by atoms with Crippen LogP contribution in [0.1, 0.15) is 25.0 Å². The second-order valence-corrected chi connectivity index (χ2v) is 3.53. The van der Waals surface area contributed by atoms with E-state index in [-0.39, 0.29) is 0 Å². The minimum Gasteiger partial charge on any atom is -0.256 e. The van der Waals surface area contributed by atoms with Gasteiger partial charge in [0.25, 0.3) is 0 Å². The number of hydrogen-bond acceptors (Lipinski definition) is 1. The quantitative estimate of drug-likeness (QED) is 0.684. The minimum absolute atomic E-state index is 1.05. The Bertz CT molecular complexity index is 432. The van der Waals surface area contributed by atoms with Crippen molar-refractivity contribution in [2.24, 2.45) is 0 Å². The Balaban J connectivity index is 0.000000606. The van der Waals surface area contributed by atoms with Crippen molar-refractivity contribution in [3.8, 4) is 11.3 Å². The average Bonchev–Trinajstić information content (AvgIpc) is 2.33. The number of aromatic nitrogens is 1. The van der Waals surface area contributed by atoms with E-state index in [0.717, 1.165) is 5.69 Å². The highest BCUT2D eigenvalue weighted by Gasteiger charge is 2.01. The molecule has 0 fully saturated rings. The molecule has 1 heterocycles. The highest BCUT2D eigenvalue weighted by Crippen LogP contribution is 2.21. The molecule has 1 nitrogen and oxygen atoms in total. The number of hydrogen-bond donors (Lipinski definition) is 0. The van der Waals surface area contributed by atoms with Crippen LogP contribution in [0, 0.1) is 13.8 Å². The molecule has 84 valence electrons. The van der Waals surface area contributed by atoms with E-state index in [1.807, 2.05) is 38.2 Å². The van der Waals surface area contributed by atoms with Gasteiger partial charge in [-0.1, -0.05) is 43.7 Å². The summed E-state index contributed by atoms with van der Waals surface area (Å²) in [5.41, 5.74) is 4.84. The van der Waals surface area contributed by atoms with E-state index in [1.165, 1.54) is 16.7 Å². The number of nitrogens with zero attached hydrogens (tertiary/aromatic N) is 1. The van der Waals surface area contributed by atoms with Gasteiger partial charge in [0.1, 0.15) is 0 Å². The van der Waals surface area contributed by atoms with Crippen molar-refractivity contribution >= 4 is 0 Å². The van der Waals surface area contributed by atoms with Crippen molar-refractivity contribution in [1.82, 2.24) is 4.98 Å². The number of benzene rings is 1. The van der Waals surface area contributed by atoms with Crippen molar-refractivity contribution in [3.05, 3.63) is 53.7 Å². The molecule has 0 unspecified atom stereocenters. The van der Waals surface area contributed by atoms with Gasteiger partial charge in [0, 0.05) is 11.8 Å². The van der Waals surface area contributed by atoms with Crippen LogP contribution in [0.5, 0.6) is 0 Å². The second kappa shape index (κ2) is 6.06. The maximum absolute atomic E-state index is 4.34. The first kappa shape index (κ1) is 12.4. The number of pyridine rings is 1. The van der Waals surface area contributed by atoms with Gasteiger partial charge >= 0.3 is 0 Å². The van der Waals surface area contributed by atoms with Crippen LogP contribution in [0.25, 0.3) is 11.3 Å². The smallest absolute Gasteiger partial charge is 0.0704 e. The largest absolute Gasteiger partial charge is 0.256 e. The maximum atomic E-state index is 4.34. The van der Waals surface area contributed by atoms with E-state index < -0.39 is 0 Å². The third-order valence-corrected chi connectivity index (χ3v) is 2.32. The van der Waals surface area contributed by atoms with Crippen molar-refractivity contribution in [1.29, 1.82) is 0 Å². The van der Waals surface area contributed by atoms with Crippen molar-refractivity contribution < 1.29 is 0 Å². The van der Waals surface area contributed by atoms with Gasteiger partial charge in [0.15, 0.2) is 0 Å². The second-order valence-electron chi connectivity index (χ2n) is 3.53. The Morgan fingerprint density at radius 2 is 1.69 bits per heavy atom. The van der Waals surface area contributed by atoms with E-state index in [1.54, 1.807) is 0 Å². The number of rotatable bonds is 1. The Kier molecular flexibility index (Phi) is 4.71. The zero-order chi connectivity index (χ0) is 12.0. The zero-order valence-corrected chi connectivity index (χ0v) is 10.5. The Morgan fingerprint density at radius 1 is 0.938 bits per heavy atom. The molecule has 0 aliphatic carbocycles. The molecule has 0 spiro atoms. The van der Waals surface area contributed by atoms with Crippen LogP contribution in [0.3, 0.4) is 0 Å². The van der Waals surface area contributed by atoms with Crippen LogP contribution in [0.2, 0.25) is 0 Å². The van der Waals surface area contributed by atoms with Gasteiger partial charge in [0.05, 0.1) is 5.69 Å². The van der Waals surface area contributed by atoms with E-state index >= 15 is 0 Å². The van der Waals surface area contributed by atoms with Crippen molar-refractivity contribution in [2.75, 3.05) is 0 Å². The third-order valence-electron chi connectivity index (χ3n) is 2.32. The summed E-state index contributed by atoms with van der Waals surface area (Å²) in [6.45, 7) is 8.23. The molecule has 0 radical (unpaired) electrons. The summed E-state index contributed by atoms with van der Waals surface area (Å²) in [4.78, 5) is 4.34. The van der Waals surface area contributed by atoms with Crippen LogP contribution >= 0.6 is 0 Å². The minimum atomic E-state index is 1.05. The van der Waals surface area contributed by atoms with E-state index in [2.05, 4.69) is 37.0 Å². The topological polar surface area (TPSA) is 12.9 Å². The van der Waals surface area contributed by atoms with Crippen LogP contribution in [0.15, 0.2) is 42.6 Å². The Hall–Kier alpha value is -1.63. The van der Waals surface area contributed by atoms with Gasteiger partial charge in [-0.05, 0) is 31.5 Å². The molecule has 0 N–H and O–H groups in total. The zero-order valence-electron chi connectivity index (χ0n) is 10.5. The standard InChI is InChI=1S/C13H13N.C2H6/c1-10-6-7-12(11(2)9-10)13-5-3-4-8-14-13;1-2/h3-9H,1-2H3;1-2H3. The fourth-order valence-electron chi connectivity index (χ4n) is 1.62. The molecule has 1 aromatic carbocycles. The fourth-order valence-corrected chi connectivity index (χ4v) is 1.62. The average molecular weight is 213 g/mol. The van der Waals surface area contributed by atoms with E-state index in [9.17, 15) is 0 Å². The first-order valence-corrected chi connectivity index (χ1v) is 5.76. The molecular formula is C15H19N. The third kappa shape index (κ3) is 2.93. The van der Waals surface area contributed by atoms with Crippen LogP contribution < -0.4 is 0 Å². The Labute approximate surface area is 98.2 Å². The normalized spacial score (nSPS) is 9.25. The summed E-state index contributed by atoms with van der Waals surface area (Å²) in [7, 11) is 0. The summed E-state index contributed by atoms with van der Waals surface area (Å²) in [5, 5.41) is 0. The lowest BCUT2D eigenvalue weighted by atomic mass is 10.0. The predicted molar refractivity (Wildman–Crippen MR) is 70.5 cm³/mol. The first-order valence-electron chi connectivity index (χ1n) is 5.76. The van der Waals surface area contributed by atoms with E-state index in [4.69, 9.17) is 0 Å². The lowest BCUT2D eigenvalue weighted by Gasteiger charge is -2.05. The predicted octanol–water partition coefficient (Wildman–Crippen LogP) is 4.39. The molecule has 0 amide bonds. The molecule has 0 aliphatic rings. The summed E-state index contributed by atoms with van der Waals surface area (Å²) in [6, 6.07) is 12.4. The van der Waals surface area contributed by atoms with Crippen LogP contribution in [0.4, 0.5) is 0 Å². The molecule has 0 aliphatic heterocycles. The van der Waals surface area contributed by atoms with Crippen molar-refractivity contribution in [3.63, 3.8) is 0 Å². The van der Waals surface area contributed by atoms with Crippen LogP contribution in [-0.2, 0) is 0 Å². The first-order chi connectivity index (χ1) is 7.77. The lowest BCUT2D eigenvalue weighted by molar-refractivity contribution is 1.29. The maximum Gasteiger partial charge on any atom is 0.0704 e.